The van der Waals surface area contributed by atoms with Crippen LogP contribution in [0.2, 0.25) is 0 Å². The Bertz CT molecular complexity index is 638. The molecule has 0 saturated heterocycles. The number of esters is 2. The van der Waals surface area contributed by atoms with Crippen molar-refractivity contribution in [2.24, 2.45) is 0 Å². The molecular formula is C22H26O4. The van der Waals surface area contributed by atoms with Gasteiger partial charge in [0.1, 0.15) is 0 Å². The van der Waals surface area contributed by atoms with Crippen LogP contribution in [0.25, 0.3) is 0 Å². The van der Waals surface area contributed by atoms with Gasteiger partial charge in [-0.15, -0.1) is 0 Å². The second kappa shape index (κ2) is 10.4. The summed E-state index contributed by atoms with van der Waals surface area (Å²) in [5.41, 5.74) is 4.53. The Morgan fingerprint density at radius 1 is 0.615 bits per heavy atom. The van der Waals surface area contributed by atoms with Crippen LogP contribution in [0.4, 0.5) is 0 Å². The average Bonchev–Trinajstić information content (AvgIpc) is 2.67. The van der Waals surface area contributed by atoms with E-state index in [4.69, 9.17) is 0 Å². The van der Waals surface area contributed by atoms with Crippen molar-refractivity contribution in [3.8, 4) is 0 Å². The molecular weight excluding hydrogens is 328 g/mol. The van der Waals surface area contributed by atoms with Gasteiger partial charge < -0.3 is 9.47 Å². The fourth-order valence-corrected chi connectivity index (χ4v) is 2.78. The second-order valence-electron chi connectivity index (χ2n) is 6.35. The zero-order valence-corrected chi connectivity index (χ0v) is 15.5. The van der Waals surface area contributed by atoms with Gasteiger partial charge in [0.2, 0.25) is 0 Å². The summed E-state index contributed by atoms with van der Waals surface area (Å²) >= 11 is 0. The minimum Gasteiger partial charge on any atom is -0.469 e. The summed E-state index contributed by atoms with van der Waals surface area (Å²) in [6.07, 6.45) is 4.92. The van der Waals surface area contributed by atoms with E-state index in [1.807, 2.05) is 24.3 Å². The van der Waals surface area contributed by atoms with E-state index in [0.29, 0.717) is 12.8 Å². The van der Waals surface area contributed by atoms with Crippen LogP contribution in [0.3, 0.4) is 0 Å². The van der Waals surface area contributed by atoms with Crippen molar-refractivity contribution in [1.29, 1.82) is 0 Å². The summed E-state index contributed by atoms with van der Waals surface area (Å²) in [7, 11) is 2.81. The first kappa shape index (κ1) is 19.7. The zero-order chi connectivity index (χ0) is 18.8. The van der Waals surface area contributed by atoms with E-state index < -0.39 is 0 Å². The van der Waals surface area contributed by atoms with Crippen LogP contribution in [0.1, 0.15) is 35.1 Å². The van der Waals surface area contributed by atoms with Gasteiger partial charge in [-0.05, 0) is 47.9 Å². The Morgan fingerprint density at radius 2 is 0.923 bits per heavy atom. The van der Waals surface area contributed by atoms with Crippen molar-refractivity contribution in [1.82, 2.24) is 0 Å². The van der Waals surface area contributed by atoms with Crippen molar-refractivity contribution in [3.63, 3.8) is 0 Å². The van der Waals surface area contributed by atoms with Gasteiger partial charge in [-0.1, -0.05) is 48.5 Å². The van der Waals surface area contributed by atoms with Gasteiger partial charge in [-0.3, -0.25) is 9.59 Å². The highest BCUT2D eigenvalue weighted by molar-refractivity contribution is 5.72. The highest BCUT2D eigenvalue weighted by atomic mass is 16.5. The second-order valence-corrected chi connectivity index (χ2v) is 6.35. The fraction of sp³-hybridized carbons (Fsp3) is 0.364. The van der Waals surface area contributed by atoms with E-state index in [2.05, 4.69) is 33.7 Å². The van der Waals surface area contributed by atoms with Crippen LogP contribution < -0.4 is 0 Å². The van der Waals surface area contributed by atoms with Crippen LogP contribution in [0.5, 0.6) is 0 Å². The number of methoxy groups -OCH3 is 2. The number of rotatable bonds is 9. The smallest absolute Gasteiger partial charge is 0.309 e. The molecule has 0 N–H and O–H groups in total. The lowest BCUT2D eigenvalue weighted by atomic mass is 10.0. The van der Waals surface area contributed by atoms with Crippen LogP contribution >= 0.6 is 0 Å². The lowest BCUT2D eigenvalue weighted by molar-refractivity contribution is -0.140. The normalized spacial score (nSPS) is 10.4. The molecule has 0 bridgehead atoms. The molecule has 0 saturated carbocycles. The molecule has 0 fully saturated rings. The number of unbranched alkanes of at least 4 members (excludes halogenated alkanes) is 1. The maximum Gasteiger partial charge on any atom is 0.309 e. The quantitative estimate of drug-likeness (QED) is 0.509. The number of benzene rings is 2. The average molecular weight is 354 g/mol. The SMILES string of the molecule is COC(=O)Cc1ccc(CCCCc2ccc(CC(=O)OC)cc2)cc1. The summed E-state index contributed by atoms with van der Waals surface area (Å²) in [5, 5.41) is 0. The summed E-state index contributed by atoms with van der Waals surface area (Å²) in [6.45, 7) is 0. The van der Waals surface area contributed by atoms with E-state index in [-0.39, 0.29) is 11.9 Å². The highest BCUT2D eigenvalue weighted by Crippen LogP contribution is 2.12. The summed E-state index contributed by atoms with van der Waals surface area (Å²) < 4.78 is 9.35. The fourth-order valence-electron chi connectivity index (χ4n) is 2.78. The largest absolute Gasteiger partial charge is 0.469 e. The molecule has 0 aliphatic heterocycles. The van der Waals surface area contributed by atoms with Gasteiger partial charge in [0.15, 0.2) is 0 Å². The number of ether oxygens (including phenoxy) is 2. The third-order valence-electron chi connectivity index (χ3n) is 4.38. The Labute approximate surface area is 155 Å². The number of carbonyl (C=O) groups excluding carboxylic acids is 2. The van der Waals surface area contributed by atoms with Crippen LogP contribution in [0.15, 0.2) is 48.5 Å². The third kappa shape index (κ3) is 6.71. The predicted octanol–water partition coefficient (Wildman–Crippen LogP) is 3.68. The maximum atomic E-state index is 11.3. The number of aryl methyl sites for hydroxylation is 2. The lowest BCUT2D eigenvalue weighted by Crippen LogP contribution is -2.04. The minimum absolute atomic E-state index is 0.213. The standard InChI is InChI=1S/C22H26O4/c1-25-21(23)15-19-11-7-17(8-12-19)5-3-4-6-18-9-13-20(14-10-18)16-22(24)26-2/h7-14H,3-6,15-16H2,1-2H3. The number of hydrogen-bond acceptors (Lipinski definition) is 4. The molecule has 0 aliphatic carbocycles. The first-order chi connectivity index (χ1) is 12.6. The molecule has 4 nitrogen and oxygen atoms in total. The van der Waals surface area contributed by atoms with Crippen molar-refractivity contribution in [3.05, 3.63) is 70.8 Å². The monoisotopic (exact) mass is 354 g/mol. The Hall–Kier alpha value is -2.62. The van der Waals surface area contributed by atoms with Gasteiger partial charge in [-0.25, -0.2) is 0 Å². The van der Waals surface area contributed by atoms with E-state index in [0.717, 1.165) is 36.8 Å². The van der Waals surface area contributed by atoms with Crippen molar-refractivity contribution >= 4 is 11.9 Å². The van der Waals surface area contributed by atoms with Crippen LogP contribution in [0, 0.1) is 0 Å². The maximum absolute atomic E-state index is 11.3. The Kier molecular flexibility index (Phi) is 7.87. The van der Waals surface area contributed by atoms with Gasteiger partial charge >= 0.3 is 11.9 Å². The summed E-state index contributed by atoms with van der Waals surface area (Å²) in [4.78, 5) is 22.5. The Balaban J connectivity index is 1.71. The number of carbonyl (C=O) groups is 2. The predicted molar refractivity (Wildman–Crippen MR) is 101 cm³/mol. The van der Waals surface area contributed by atoms with Gasteiger partial charge in [0.25, 0.3) is 0 Å². The highest BCUT2D eigenvalue weighted by Gasteiger charge is 2.04. The van der Waals surface area contributed by atoms with Gasteiger partial charge in [-0.2, -0.15) is 0 Å². The molecule has 0 atom stereocenters. The summed E-state index contributed by atoms with van der Waals surface area (Å²) in [6, 6.07) is 16.3. The molecule has 0 aromatic heterocycles. The van der Waals surface area contributed by atoms with E-state index in [1.54, 1.807) is 0 Å². The molecule has 0 heterocycles. The van der Waals surface area contributed by atoms with Crippen molar-refractivity contribution in [2.75, 3.05) is 14.2 Å². The van der Waals surface area contributed by atoms with Crippen molar-refractivity contribution < 1.29 is 19.1 Å². The van der Waals surface area contributed by atoms with E-state index in [9.17, 15) is 9.59 Å². The van der Waals surface area contributed by atoms with Crippen molar-refractivity contribution in [2.45, 2.75) is 38.5 Å². The first-order valence-corrected chi connectivity index (χ1v) is 8.90. The molecule has 0 spiro atoms. The third-order valence-corrected chi connectivity index (χ3v) is 4.38. The lowest BCUT2D eigenvalue weighted by Gasteiger charge is -2.06. The molecule has 0 unspecified atom stereocenters. The van der Waals surface area contributed by atoms with Gasteiger partial charge in [0.05, 0.1) is 27.1 Å². The topological polar surface area (TPSA) is 52.6 Å². The molecule has 0 amide bonds. The molecule has 0 radical (unpaired) electrons. The molecule has 2 aromatic rings. The van der Waals surface area contributed by atoms with Crippen LogP contribution in [-0.2, 0) is 44.7 Å². The molecule has 0 aliphatic rings. The van der Waals surface area contributed by atoms with Gasteiger partial charge in [0, 0.05) is 0 Å². The molecule has 2 rings (SSSR count). The molecule has 2 aromatic carbocycles. The first-order valence-electron chi connectivity index (χ1n) is 8.90. The summed E-state index contributed by atoms with van der Waals surface area (Å²) in [5.74, 6) is -0.425. The molecule has 138 valence electrons. The van der Waals surface area contributed by atoms with Crippen LogP contribution in [-0.4, -0.2) is 26.2 Å². The molecule has 4 heteroatoms. The Morgan fingerprint density at radius 3 is 1.23 bits per heavy atom. The van der Waals surface area contributed by atoms with E-state index >= 15 is 0 Å². The minimum atomic E-state index is -0.213. The zero-order valence-electron chi connectivity index (χ0n) is 15.5. The van der Waals surface area contributed by atoms with E-state index in [1.165, 1.54) is 25.3 Å². The number of hydrogen-bond donors (Lipinski definition) is 0. The molecule has 26 heavy (non-hydrogen) atoms.